The molecule has 0 radical (unpaired) electrons. The summed E-state index contributed by atoms with van der Waals surface area (Å²) in [5.74, 6) is 1.41. The van der Waals surface area contributed by atoms with Gasteiger partial charge >= 0.3 is 0 Å². The molecule has 2 rings (SSSR count). The Morgan fingerprint density at radius 1 is 1.31 bits per heavy atom. The van der Waals surface area contributed by atoms with Crippen molar-refractivity contribution in [1.29, 1.82) is 0 Å². The van der Waals surface area contributed by atoms with Crippen LogP contribution < -0.4 is 0 Å². The first kappa shape index (κ1) is 9.25. The van der Waals surface area contributed by atoms with E-state index >= 15 is 0 Å². The molecule has 0 spiro atoms. The predicted molar refractivity (Wildman–Crippen MR) is 53.2 cm³/mol. The van der Waals surface area contributed by atoms with Crippen LogP contribution >= 0.6 is 0 Å². The van der Waals surface area contributed by atoms with Crippen molar-refractivity contribution < 1.29 is 8.42 Å². The van der Waals surface area contributed by atoms with E-state index in [0.29, 0.717) is 17.4 Å². The molecule has 3 heteroatoms. The molecule has 1 aliphatic heterocycles. The fraction of sp³-hybridized carbons (Fsp3) is 0.800. The average Bonchev–Trinajstić information content (AvgIpc) is 2.25. The Morgan fingerprint density at radius 3 is 2.62 bits per heavy atom. The minimum Gasteiger partial charge on any atom is -0.229 e. The van der Waals surface area contributed by atoms with Crippen LogP contribution in [0.4, 0.5) is 0 Å². The van der Waals surface area contributed by atoms with E-state index in [1.807, 2.05) is 0 Å². The normalized spacial score (nSPS) is 40.2. The van der Waals surface area contributed by atoms with Gasteiger partial charge in [0.2, 0.25) is 0 Å². The number of allylic oxidation sites excluding steroid dienone is 2. The summed E-state index contributed by atoms with van der Waals surface area (Å²) in [4.78, 5) is 0. The molecule has 1 fully saturated rings. The van der Waals surface area contributed by atoms with Crippen molar-refractivity contribution in [3.8, 4) is 0 Å². The molecular weight excluding hydrogens is 184 g/mol. The predicted octanol–water partition coefficient (Wildman–Crippen LogP) is 1.63. The van der Waals surface area contributed by atoms with Crippen molar-refractivity contribution in [2.45, 2.75) is 20.3 Å². The molecule has 0 aromatic heterocycles. The lowest BCUT2D eigenvalue weighted by molar-refractivity contribution is 0.193. The molecule has 2 nitrogen and oxygen atoms in total. The third-order valence-electron chi connectivity index (χ3n) is 3.43. The van der Waals surface area contributed by atoms with E-state index in [0.717, 1.165) is 6.42 Å². The minimum atomic E-state index is -2.75. The molecule has 1 heterocycles. The Kier molecular flexibility index (Phi) is 1.85. The van der Waals surface area contributed by atoms with Crippen LogP contribution in [0.2, 0.25) is 0 Å². The van der Waals surface area contributed by atoms with E-state index in [2.05, 4.69) is 26.0 Å². The van der Waals surface area contributed by atoms with E-state index in [-0.39, 0.29) is 11.3 Å². The van der Waals surface area contributed by atoms with Gasteiger partial charge in [0.1, 0.15) is 0 Å². The summed E-state index contributed by atoms with van der Waals surface area (Å²) in [7, 11) is -2.75. The summed E-state index contributed by atoms with van der Waals surface area (Å²) in [5.41, 5.74) is 0.170. The van der Waals surface area contributed by atoms with E-state index < -0.39 is 9.84 Å². The third-order valence-corrected chi connectivity index (χ3v) is 5.19. The van der Waals surface area contributed by atoms with E-state index in [1.54, 1.807) is 0 Å². The maximum absolute atomic E-state index is 11.5. The smallest absolute Gasteiger partial charge is 0.151 e. The molecule has 0 N–H and O–H groups in total. The second-order valence-electron chi connectivity index (χ2n) is 4.97. The van der Waals surface area contributed by atoms with Crippen LogP contribution in [0.5, 0.6) is 0 Å². The Balaban J connectivity index is 2.35. The summed E-state index contributed by atoms with van der Waals surface area (Å²) in [6.45, 7) is 4.35. The number of fused-ring (bicyclic) bond motifs is 1. The van der Waals surface area contributed by atoms with Crippen LogP contribution in [-0.2, 0) is 9.84 Å². The van der Waals surface area contributed by atoms with Crippen LogP contribution in [0.1, 0.15) is 20.3 Å². The zero-order chi connectivity index (χ0) is 9.69. The highest BCUT2D eigenvalue weighted by Crippen LogP contribution is 2.45. The number of sulfone groups is 1. The van der Waals surface area contributed by atoms with Gasteiger partial charge in [-0.1, -0.05) is 26.0 Å². The lowest BCUT2D eigenvalue weighted by Crippen LogP contribution is -2.31. The lowest BCUT2D eigenvalue weighted by atomic mass is 9.68. The standard InChI is InChI=1S/C10H16O2S/c1-10(2)5-3-4-8-6-13(11,12)7-9(8)10/h3-4,8-9H,5-7H2,1-2H3. The Labute approximate surface area is 79.9 Å². The van der Waals surface area contributed by atoms with Crippen molar-refractivity contribution in [1.82, 2.24) is 0 Å². The molecule has 0 amide bonds. The highest BCUT2D eigenvalue weighted by atomic mass is 32.2. The largest absolute Gasteiger partial charge is 0.229 e. The topological polar surface area (TPSA) is 34.1 Å². The molecule has 2 aliphatic rings. The zero-order valence-corrected chi connectivity index (χ0v) is 8.97. The maximum Gasteiger partial charge on any atom is 0.151 e. The monoisotopic (exact) mass is 200 g/mol. The van der Waals surface area contributed by atoms with Gasteiger partial charge in [-0.25, -0.2) is 8.42 Å². The molecule has 2 atom stereocenters. The van der Waals surface area contributed by atoms with Crippen LogP contribution in [0.3, 0.4) is 0 Å². The SMILES string of the molecule is CC1(C)CC=CC2CS(=O)(=O)CC21. The summed E-state index contributed by atoms with van der Waals surface area (Å²) in [6, 6.07) is 0. The van der Waals surface area contributed by atoms with Gasteiger partial charge < -0.3 is 0 Å². The minimum absolute atomic E-state index is 0.170. The van der Waals surface area contributed by atoms with Gasteiger partial charge in [-0.2, -0.15) is 0 Å². The van der Waals surface area contributed by atoms with E-state index in [1.165, 1.54) is 0 Å². The molecule has 0 aromatic rings. The molecule has 74 valence electrons. The van der Waals surface area contributed by atoms with Crippen molar-refractivity contribution in [2.75, 3.05) is 11.5 Å². The fourth-order valence-corrected chi connectivity index (χ4v) is 4.88. The number of rotatable bonds is 0. The van der Waals surface area contributed by atoms with Gasteiger partial charge in [0, 0.05) is 0 Å². The average molecular weight is 200 g/mol. The van der Waals surface area contributed by atoms with Gasteiger partial charge in [-0.3, -0.25) is 0 Å². The molecule has 13 heavy (non-hydrogen) atoms. The number of hydrogen-bond acceptors (Lipinski definition) is 2. The highest BCUT2D eigenvalue weighted by Gasteiger charge is 2.45. The van der Waals surface area contributed by atoms with Gasteiger partial charge in [0.05, 0.1) is 11.5 Å². The molecular formula is C10H16O2S. The molecule has 1 aliphatic carbocycles. The summed E-state index contributed by atoms with van der Waals surface area (Å²) >= 11 is 0. The van der Waals surface area contributed by atoms with Crippen molar-refractivity contribution in [2.24, 2.45) is 17.3 Å². The Morgan fingerprint density at radius 2 is 2.00 bits per heavy atom. The van der Waals surface area contributed by atoms with Gasteiger partial charge in [0.25, 0.3) is 0 Å². The van der Waals surface area contributed by atoms with Crippen molar-refractivity contribution >= 4 is 9.84 Å². The van der Waals surface area contributed by atoms with Gasteiger partial charge in [-0.05, 0) is 23.7 Å². The van der Waals surface area contributed by atoms with E-state index in [4.69, 9.17) is 0 Å². The zero-order valence-electron chi connectivity index (χ0n) is 8.16. The van der Waals surface area contributed by atoms with E-state index in [9.17, 15) is 8.42 Å². The number of hydrogen-bond donors (Lipinski definition) is 0. The van der Waals surface area contributed by atoms with Crippen molar-refractivity contribution in [3.63, 3.8) is 0 Å². The van der Waals surface area contributed by atoms with Gasteiger partial charge in [0.15, 0.2) is 9.84 Å². The Bertz CT molecular complexity index is 338. The van der Waals surface area contributed by atoms with Crippen LogP contribution in [0, 0.1) is 17.3 Å². The molecule has 2 unspecified atom stereocenters. The quantitative estimate of drug-likeness (QED) is 0.557. The molecule has 0 bridgehead atoms. The van der Waals surface area contributed by atoms with Crippen LogP contribution in [0.15, 0.2) is 12.2 Å². The maximum atomic E-state index is 11.5. The second kappa shape index (κ2) is 2.59. The summed E-state index contributed by atoms with van der Waals surface area (Å²) in [5, 5.41) is 0. The summed E-state index contributed by atoms with van der Waals surface area (Å²) in [6.07, 6.45) is 5.26. The second-order valence-corrected chi connectivity index (χ2v) is 7.12. The first-order valence-corrected chi connectivity index (χ1v) is 6.60. The fourth-order valence-electron chi connectivity index (χ4n) is 2.57. The van der Waals surface area contributed by atoms with Gasteiger partial charge in [-0.15, -0.1) is 0 Å². The highest BCUT2D eigenvalue weighted by molar-refractivity contribution is 7.91. The molecule has 1 saturated heterocycles. The lowest BCUT2D eigenvalue weighted by Gasteiger charge is -2.36. The summed E-state index contributed by atoms with van der Waals surface area (Å²) < 4.78 is 22.9. The Hall–Kier alpha value is -0.310. The van der Waals surface area contributed by atoms with Crippen LogP contribution in [0.25, 0.3) is 0 Å². The first-order valence-electron chi connectivity index (χ1n) is 4.78. The first-order chi connectivity index (χ1) is 5.91. The third kappa shape index (κ3) is 1.54. The van der Waals surface area contributed by atoms with Crippen LogP contribution in [-0.4, -0.2) is 19.9 Å². The molecule has 0 aromatic carbocycles. The molecule has 0 saturated carbocycles. The van der Waals surface area contributed by atoms with Crippen molar-refractivity contribution in [3.05, 3.63) is 12.2 Å².